The Bertz CT molecular complexity index is 1340. The number of anilines is 2. The van der Waals surface area contributed by atoms with Gasteiger partial charge in [0.25, 0.3) is 5.91 Å². The van der Waals surface area contributed by atoms with Gasteiger partial charge in [0.1, 0.15) is 6.04 Å². The minimum Gasteiger partial charge on any atom is -0.490 e. The van der Waals surface area contributed by atoms with Gasteiger partial charge < -0.3 is 20.1 Å². The van der Waals surface area contributed by atoms with Crippen LogP contribution in [0.2, 0.25) is 0 Å². The molecular formula is C27H32BrN5O3S. The SMILES string of the molecule is CCOc1cc(C2C(C(=O)Nc3cccc(C)c3)=C(C)Nc3nc(SCC)nn32)cc(Br)c1OC(C)C. The van der Waals surface area contributed by atoms with Gasteiger partial charge in [-0.1, -0.05) is 30.8 Å². The largest absolute Gasteiger partial charge is 0.490 e. The number of halogens is 1. The van der Waals surface area contributed by atoms with Crippen molar-refractivity contribution in [1.82, 2.24) is 14.8 Å². The maximum atomic E-state index is 13.8. The van der Waals surface area contributed by atoms with Gasteiger partial charge in [-0.15, -0.1) is 5.10 Å². The molecule has 8 nitrogen and oxygen atoms in total. The van der Waals surface area contributed by atoms with Gasteiger partial charge in [-0.05, 0) is 91.7 Å². The zero-order valence-electron chi connectivity index (χ0n) is 21.9. The van der Waals surface area contributed by atoms with Crippen LogP contribution in [0, 0.1) is 6.92 Å². The van der Waals surface area contributed by atoms with E-state index in [4.69, 9.17) is 14.6 Å². The number of hydrogen-bond acceptors (Lipinski definition) is 7. The summed E-state index contributed by atoms with van der Waals surface area (Å²) in [5, 5.41) is 11.8. The lowest BCUT2D eigenvalue weighted by molar-refractivity contribution is -0.113. The van der Waals surface area contributed by atoms with E-state index in [-0.39, 0.29) is 12.0 Å². The standard InChI is InChI=1S/C27H32BrN5O3S/c1-7-35-21-14-18(13-20(28)24(21)36-15(3)4)23-22(25(34)30-19-11-9-10-16(5)12-19)17(6)29-26-31-27(37-8-2)32-33(23)26/h9-15,23H,7-8H2,1-6H3,(H,30,34)(H,29,31,32). The van der Waals surface area contributed by atoms with E-state index in [1.165, 1.54) is 0 Å². The Balaban J connectivity index is 1.85. The number of rotatable bonds is 9. The first kappa shape index (κ1) is 27.1. The van der Waals surface area contributed by atoms with Crippen LogP contribution in [0.1, 0.15) is 51.8 Å². The average molecular weight is 587 g/mol. The summed E-state index contributed by atoms with van der Waals surface area (Å²) in [5.41, 5.74) is 3.86. The van der Waals surface area contributed by atoms with Gasteiger partial charge in [0.05, 0.1) is 22.8 Å². The number of fused-ring (bicyclic) bond motifs is 1. The molecule has 2 heterocycles. The highest BCUT2D eigenvalue weighted by molar-refractivity contribution is 9.10. The van der Waals surface area contributed by atoms with Crippen molar-refractivity contribution in [3.8, 4) is 11.5 Å². The van der Waals surface area contributed by atoms with Crippen LogP contribution < -0.4 is 20.1 Å². The zero-order valence-corrected chi connectivity index (χ0v) is 24.3. The van der Waals surface area contributed by atoms with E-state index in [0.717, 1.165) is 27.0 Å². The second-order valence-corrected chi connectivity index (χ2v) is 11.0. The predicted molar refractivity (Wildman–Crippen MR) is 152 cm³/mol. The van der Waals surface area contributed by atoms with Crippen LogP contribution in [0.25, 0.3) is 0 Å². The van der Waals surface area contributed by atoms with Crippen LogP contribution >= 0.6 is 27.7 Å². The Morgan fingerprint density at radius 3 is 2.70 bits per heavy atom. The van der Waals surface area contributed by atoms with Gasteiger partial charge >= 0.3 is 0 Å². The molecule has 2 aromatic carbocycles. The number of nitrogens with zero attached hydrogens (tertiary/aromatic N) is 3. The average Bonchev–Trinajstić information content (AvgIpc) is 3.22. The predicted octanol–water partition coefficient (Wildman–Crippen LogP) is 6.57. The van der Waals surface area contributed by atoms with Crippen molar-refractivity contribution in [2.75, 3.05) is 23.0 Å². The van der Waals surface area contributed by atoms with E-state index in [0.29, 0.717) is 40.5 Å². The van der Waals surface area contributed by atoms with Crippen molar-refractivity contribution >= 4 is 45.2 Å². The lowest BCUT2D eigenvalue weighted by Crippen LogP contribution is -2.31. The lowest BCUT2D eigenvalue weighted by atomic mass is 9.94. The van der Waals surface area contributed by atoms with Crippen molar-refractivity contribution in [2.45, 2.75) is 58.8 Å². The number of aryl methyl sites for hydroxylation is 1. The van der Waals surface area contributed by atoms with E-state index in [1.807, 2.05) is 71.0 Å². The maximum Gasteiger partial charge on any atom is 0.255 e. The Labute approximate surface area is 230 Å². The smallest absolute Gasteiger partial charge is 0.255 e. The number of benzene rings is 2. The van der Waals surface area contributed by atoms with E-state index in [9.17, 15) is 4.79 Å². The number of allylic oxidation sites excluding steroid dienone is 1. The summed E-state index contributed by atoms with van der Waals surface area (Å²) in [6, 6.07) is 11.1. The highest BCUT2D eigenvalue weighted by Gasteiger charge is 2.35. The molecular weight excluding hydrogens is 554 g/mol. The number of ether oxygens (including phenoxy) is 2. The lowest BCUT2D eigenvalue weighted by Gasteiger charge is -2.29. The quantitative estimate of drug-likeness (QED) is 0.274. The molecule has 4 rings (SSSR count). The first-order chi connectivity index (χ1) is 17.7. The molecule has 10 heteroatoms. The molecule has 0 radical (unpaired) electrons. The minimum absolute atomic E-state index is 0.0337. The third-order valence-electron chi connectivity index (χ3n) is 5.63. The van der Waals surface area contributed by atoms with E-state index >= 15 is 0 Å². The topological polar surface area (TPSA) is 90.3 Å². The Hall–Kier alpha value is -2.98. The van der Waals surface area contributed by atoms with Gasteiger partial charge in [0.2, 0.25) is 11.1 Å². The number of amides is 1. The molecule has 3 aromatic rings. The van der Waals surface area contributed by atoms with Crippen LogP contribution in [0.15, 0.2) is 57.3 Å². The van der Waals surface area contributed by atoms with E-state index in [2.05, 4.69) is 38.5 Å². The Kier molecular flexibility index (Phi) is 8.49. The van der Waals surface area contributed by atoms with Crippen LogP contribution in [0.4, 0.5) is 11.6 Å². The summed E-state index contributed by atoms with van der Waals surface area (Å²) in [6.45, 7) is 12.3. The summed E-state index contributed by atoms with van der Waals surface area (Å²) in [7, 11) is 0. The maximum absolute atomic E-state index is 13.8. The zero-order chi connectivity index (χ0) is 26.7. The fraction of sp³-hybridized carbons (Fsp3) is 0.370. The first-order valence-corrected chi connectivity index (χ1v) is 14.1. The molecule has 0 aliphatic carbocycles. The fourth-order valence-electron chi connectivity index (χ4n) is 4.20. The molecule has 0 saturated heterocycles. The molecule has 1 amide bonds. The molecule has 0 bridgehead atoms. The number of nitrogens with one attached hydrogen (secondary N) is 2. The van der Waals surface area contributed by atoms with E-state index < -0.39 is 6.04 Å². The molecule has 1 aliphatic rings. The molecule has 1 atom stereocenters. The van der Waals surface area contributed by atoms with Crippen molar-refractivity contribution in [3.05, 3.63) is 63.3 Å². The molecule has 0 saturated carbocycles. The van der Waals surface area contributed by atoms with Gasteiger partial charge in [-0.3, -0.25) is 4.79 Å². The molecule has 37 heavy (non-hydrogen) atoms. The van der Waals surface area contributed by atoms with Crippen LogP contribution in [-0.2, 0) is 4.79 Å². The van der Waals surface area contributed by atoms with Crippen molar-refractivity contribution in [3.63, 3.8) is 0 Å². The molecule has 196 valence electrons. The van der Waals surface area contributed by atoms with Gasteiger partial charge in [-0.2, -0.15) is 4.98 Å². The second-order valence-electron chi connectivity index (χ2n) is 8.91. The molecule has 0 spiro atoms. The molecule has 2 N–H and O–H groups in total. The fourth-order valence-corrected chi connectivity index (χ4v) is 5.31. The summed E-state index contributed by atoms with van der Waals surface area (Å²) in [5.74, 6) is 2.43. The summed E-state index contributed by atoms with van der Waals surface area (Å²) in [6.07, 6.45) is -0.0337. The number of carbonyl (C=O) groups is 1. The Morgan fingerprint density at radius 2 is 2.03 bits per heavy atom. The van der Waals surface area contributed by atoms with Crippen LogP contribution in [0.5, 0.6) is 11.5 Å². The highest BCUT2D eigenvalue weighted by atomic mass is 79.9. The summed E-state index contributed by atoms with van der Waals surface area (Å²) in [4.78, 5) is 18.4. The Morgan fingerprint density at radius 1 is 1.24 bits per heavy atom. The number of thioether (sulfide) groups is 1. The van der Waals surface area contributed by atoms with Crippen molar-refractivity contribution < 1.29 is 14.3 Å². The molecule has 1 unspecified atom stereocenters. The van der Waals surface area contributed by atoms with Crippen molar-refractivity contribution in [1.29, 1.82) is 0 Å². The molecule has 0 fully saturated rings. The summed E-state index contributed by atoms with van der Waals surface area (Å²) < 4.78 is 14.5. The monoisotopic (exact) mass is 585 g/mol. The third kappa shape index (κ3) is 5.96. The number of aromatic nitrogens is 3. The third-order valence-corrected chi connectivity index (χ3v) is 6.94. The van der Waals surface area contributed by atoms with Gasteiger partial charge in [0, 0.05) is 11.4 Å². The second kappa shape index (κ2) is 11.6. The first-order valence-electron chi connectivity index (χ1n) is 12.3. The highest BCUT2D eigenvalue weighted by Crippen LogP contribution is 2.43. The minimum atomic E-state index is -0.539. The normalized spacial score (nSPS) is 14.9. The van der Waals surface area contributed by atoms with E-state index in [1.54, 1.807) is 16.4 Å². The van der Waals surface area contributed by atoms with Crippen LogP contribution in [-0.4, -0.2) is 39.1 Å². The van der Waals surface area contributed by atoms with Gasteiger partial charge in [0.15, 0.2) is 11.5 Å². The molecule has 1 aromatic heterocycles. The molecule has 1 aliphatic heterocycles. The van der Waals surface area contributed by atoms with Crippen LogP contribution in [0.3, 0.4) is 0 Å². The number of hydrogen-bond donors (Lipinski definition) is 2. The van der Waals surface area contributed by atoms with Gasteiger partial charge in [-0.25, -0.2) is 4.68 Å². The van der Waals surface area contributed by atoms with Crippen molar-refractivity contribution in [2.24, 2.45) is 0 Å². The number of carbonyl (C=O) groups excluding carboxylic acids is 1. The summed E-state index contributed by atoms with van der Waals surface area (Å²) >= 11 is 5.23.